The SMILES string of the molecule is CC(C)(C)OC(=O)NCCCCC(NC(=O)OCc1ccccc1)C(O)c1noc(Cc2ccc(C(=O)NCc3ccccc3)cc2)n1. The molecule has 4 N–H and O–H groups in total. The van der Waals surface area contributed by atoms with E-state index < -0.39 is 29.9 Å². The van der Waals surface area contributed by atoms with Gasteiger partial charge in [-0.25, -0.2) is 9.59 Å². The van der Waals surface area contributed by atoms with Gasteiger partial charge in [-0.15, -0.1) is 0 Å². The van der Waals surface area contributed by atoms with Gasteiger partial charge < -0.3 is 35.1 Å². The summed E-state index contributed by atoms with van der Waals surface area (Å²) in [6, 6.07) is 25.2. The number of hydrogen-bond acceptors (Lipinski definition) is 9. The summed E-state index contributed by atoms with van der Waals surface area (Å²) in [6.07, 6.45) is -0.767. The molecule has 1 heterocycles. The number of carbonyl (C=O) groups excluding carboxylic acids is 3. The summed E-state index contributed by atoms with van der Waals surface area (Å²) in [5.41, 5.74) is 2.58. The van der Waals surface area contributed by atoms with Crippen LogP contribution in [0, 0.1) is 0 Å². The summed E-state index contributed by atoms with van der Waals surface area (Å²) in [4.78, 5) is 41.6. The topological polar surface area (TPSA) is 165 Å². The van der Waals surface area contributed by atoms with E-state index in [1.165, 1.54) is 0 Å². The van der Waals surface area contributed by atoms with Crippen LogP contribution in [0.5, 0.6) is 0 Å². The van der Waals surface area contributed by atoms with Crippen LogP contribution in [0.25, 0.3) is 0 Å². The van der Waals surface area contributed by atoms with Gasteiger partial charge in [0.1, 0.15) is 18.3 Å². The first-order chi connectivity index (χ1) is 23.1. The number of aliphatic hydroxyl groups is 1. The lowest BCUT2D eigenvalue weighted by atomic mass is 10.0. The lowest BCUT2D eigenvalue weighted by molar-refractivity contribution is 0.0526. The Morgan fingerprint density at radius 3 is 2.17 bits per heavy atom. The number of aromatic nitrogens is 2. The van der Waals surface area contributed by atoms with E-state index in [1.54, 1.807) is 45.0 Å². The maximum absolute atomic E-state index is 12.7. The van der Waals surface area contributed by atoms with E-state index in [9.17, 15) is 19.5 Å². The molecule has 0 aliphatic rings. The molecule has 0 aliphatic carbocycles. The first kappa shape index (κ1) is 35.6. The number of aliphatic hydroxyl groups excluding tert-OH is 1. The zero-order chi connectivity index (χ0) is 34.4. The summed E-state index contributed by atoms with van der Waals surface area (Å²) in [7, 11) is 0. The number of alkyl carbamates (subject to hydrolysis) is 2. The van der Waals surface area contributed by atoms with Crippen LogP contribution < -0.4 is 16.0 Å². The van der Waals surface area contributed by atoms with Crippen LogP contribution in [0.2, 0.25) is 0 Å². The normalized spacial score (nSPS) is 12.4. The molecule has 4 aromatic rings. The molecular weight excluding hydrogens is 614 g/mol. The van der Waals surface area contributed by atoms with Gasteiger partial charge in [-0.1, -0.05) is 78.0 Å². The molecule has 0 aliphatic heterocycles. The van der Waals surface area contributed by atoms with Crippen LogP contribution in [-0.2, 0) is 29.0 Å². The minimum Gasteiger partial charge on any atom is -0.445 e. The molecule has 4 rings (SSSR count). The molecule has 0 bridgehead atoms. The Morgan fingerprint density at radius 1 is 0.833 bits per heavy atom. The first-order valence-corrected chi connectivity index (χ1v) is 15.9. The molecule has 3 amide bonds. The number of benzene rings is 3. The number of rotatable bonds is 15. The van der Waals surface area contributed by atoms with Gasteiger partial charge in [0.15, 0.2) is 0 Å². The van der Waals surface area contributed by atoms with E-state index in [1.807, 2.05) is 60.7 Å². The largest absolute Gasteiger partial charge is 0.445 e. The predicted molar refractivity (Wildman–Crippen MR) is 178 cm³/mol. The molecule has 0 saturated carbocycles. The van der Waals surface area contributed by atoms with Gasteiger partial charge in [-0.2, -0.15) is 4.98 Å². The average Bonchev–Trinajstić information content (AvgIpc) is 3.54. The minimum absolute atomic E-state index is 0.0159. The summed E-state index contributed by atoms with van der Waals surface area (Å²) in [5, 5.41) is 23.5. The highest BCUT2D eigenvalue weighted by Gasteiger charge is 2.28. The lowest BCUT2D eigenvalue weighted by Gasteiger charge is -2.22. The zero-order valence-electron chi connectivity index (χ0n) is 27.5. The van der Waals surface area contributed by atoms with Crippen molar-refractivity contribution in [2.45, 2.75) is 77.4 Å². The Balaban J connectivity index is 1.32. The van der Waals surface area contributed by atoms with Gasteiger partial charge >= 0.3 is 12.2 Å². The van der Waals surface area contributed by atoms with Crippen LogP contribution in [0.4, 0.5) is 9.59 Å². The summed E-state index contributed by atoms with van der Waals surface area (Å²) in [6.45, 7) is 6.21. The van der Waals surface area contributed by atoms with Crippen molar-refractivity contribution >= 4 is 18.1 Å². The molecule has 0 saturated heterocycles. The number of nitrogens with one attached hydrogen (secondary N) is 3. The highest BCUT2D eigenvalue weighted by atomic mass is 16.6. The number of hydrogen-bond donors (Lipinski definition) is 4. The maximum atomic E-state index is 12.7. The van der Waals surface area contributed by atoms with Crippen molar-refractivity contribution in [1.29, 1.82) is 0 Å². The molecule has 2 unspecified atom stereocenters. The summed E-state index contributed by atoms with van der Waals surface area (Å²) < 4.78 is 16.0. The quantitative estimate of drug-likeness (QED) is 0.119. The molecule has 1 aromatic heterocycles. The predicted octanol–water partition coefficient (Wildman–Crippen LogP) is 5.61. The van der Waals surface area contributed by atoms with Crippen molar-refractivity contribution in [3.8, 4) is 0 Å². The fraction of sp³-hybridized carbons (Fsp3) is 0.361. The Kier molecular flexibility index (Phi) is 13.1. The monoisotopic (exact) mass is 657 g/mol. The Hall–Kier alpha value is -5.23. The molecule has 48 heavy (non-hydrogen) atoms. The van der Waals surface area contributed by atoms with Gasteiger partial charge in [0.05, 0.1) is 12.5 Å². The second kappa shape index (κ2) is 17.6. The molecule has 2 atom stereocenters. The van der Waals surface area contributed by atoms with E-state index in [0.29, 0.717) is 37.9 Å². The summed E-state index contributed by atoms with van der Waals surface area (Å²) in [5.74, 6) is 0.0921. The van der Waals surface area contributed by atoms with E-state index in [2.05, 4.69) is 26.1 Å². The van der Waals surface area contributed by atoms with Crippen LogP contribution in [0.15, 0.2) is 89.5 Å². The highest BCUT2D eigenvalue weighted by Crippen LogP contribution is 2.20. The van der Waals surface area contributed by atoms with Crippen molar-refractivity contribution in [2.24, 2.45) is 0 Å². The van der Waals surface area contributed by atoms with E-state index in [-0.39, 0.29) is 30.7 Å². The molecule has 12 heteroatoms. The van der Waals surface area contributed by atoms with Crippen molar-refractivity contribution in [2.75, 3.05) is 6.54 Å². The molecule has 3 aromatic carbocycles. The Labute approximate surface area is 280 Å². The highest BCUT2D eigenvalue weighted by molar-refractivity contribution is 5.94. The second-order valence-electron chi connectivity index (χ2n) is 12.3. The van der Waals surface area contributed by atoms with Crippen LogP contribution in [0.3, 0.4) is 0 Å². The standard InChI is InChI=1S/C36H43N5O7/c1-36(2,3)47-34(44)37-21-11-10-16-29(39-35(45)46-24-27-14-8-5-9-15-27)31(42)32-40-30(48-41-32)22-25-17-19-28(20-18-25)33(43)38-23-26-12-6-4-7-13-26/h4-9,12-15,17-20,29,31,42H,10-11,16,21-24H2,1-3H3,(H,37,44)(H,38,43)(H,39,45). The van der Waals surface area contributed by atoms with Gasteiger partial charge in [0.25, 0.3) is 5.91 Å². The first-order valence-electron chi connectivity index (χ1n) is 15.9. The molecule has 12 nitrogen and oxygen atoms in total. The molecular formula is C36H43N5O7. The number of nitrogens with zero attached hydrogens (tertiary/aromatic N) is 2. The smallest absolute Gasteiger partial charge is 0.407 e. The Bertz CT molecular complexity index is 1590. The minimum atomic E-state index is -1.29. The van der Waals surface area contributed by atoms with Gasteiger partial charge in [0, 0.05) is 18.7 Å². The number of amides is 3. The molecule has 0 fully saturated rings. The number of ether oxygens (including phenoxy) is 2. The van der Waals surface area contributed by atoms with Crippen molar-refractivity contribution < 1.29 is 33.5 Å². The van der Waals surface area contributed by atoms with E-state index in [4.69, 9.17) is 14.0 Å². The molecule has 254 valence electrons. The maximum Gasteiger partial charge on any atom is 0.407 e. The van der Waals surface area contributed by atoms with Crippen LogP contribution in [0.1, 0.15) is 84.9 Å². The van der Waals surface area contributed by atoms with E-state index >= 15 is 0 Å². The van der Waals surface area contributed by atoms with Gasteiger partial charge in [-0.05, 0) is 68.9 Å². The third-order valence-corrected chi connectivity index (χ3v) is 7.12. The fourth-order valence-electron chi connectivity index (χ4n) is 4.69. The van der Waals surface area contributed by atoms with Crippen molar-refractivity contribution in [3.63, 3.8) is 0 Å². The van der Waals surface area contributed by atoms with Crippen molar-refractivity contribution in [3.05, 3.63) is 119 Å². The van der Waals surface area contributed by atoms with Gasteiger partial charge in [0.2, 0.25) is 11.7 Å². The zero-order valence-corrected chi connectivity index (χ0v) is 27.5. The molecule has 0 radical (unpaired) electrons. The fourth-order valence-corrected chi connectivity index (χ4v) is 4.69. The molecule has 0 spiro atoms. The average molecular weight is 658 g/mol. The second-order valence-corrected chi connectivity index (χ2v) is 12.3. The van der Waals surface area contributed by atoms with Crippen LogP contribution in [-0.4, -0.2) is 51.5 Å². The lowest BCUT2D eigenvalue weighted by Crippen LogP contribution is -2.40. The van der Waals surface area contributed by atoms with Crippen molar-refractivity contribution in [1.82, 2.24) is 26.1 Å². The third kappa shape index (κ3) is 12.2. The van der Waals surface area contributed by atoms with Gasteiger partial charge in [-0.3, -0.25) is 4.79 Å². The third-order valence-electron chi connectivity index (χ3n) is 7.12. The Morgan fingerprint density at radius 2 is 1.50 bits per heavy atom. The number of carbonyl (C=O) groups is 3. The van der Waals surface area contributed by atoms with E-state index in [0.717, 1.165) is 16.7 Å². The van der Waals surface area contributed by atoms with Crippen LogP contribution >= 0.6 is 0 Å². The number of unbranched alkanes of at least 4 members (excludes halogenated alkanes) is 1. The summed E-state index contributed by atoms with van der Waals surface area (Å²) >= 11 is 0.